The summed E-state index contributed by atoms with van der Waals surface area (Å²) in [6.07, 6.45) is 3.00. The molecule has 2 amide bonds. The minimum atomic E-state index is -0.420. The molecular formula is C20H21N7O3. The minimum absolute atomic E-state index is 0.193. The molecule has 10 nitrogen and oxygen atoms in total. The van der Waals surface area contributed by atoms with Gasteiger partial charge in [-0.15, -0.1) is 0 Å². The zero-order chi connectivity index (χ0) is 21.3. The molecule has 0 saturated carbocycles. The van der Waals surface area contributed by atoms with Crippen molar-refractivity contribution in [3.63, 3.8) is 0 Å². The second-order valence-electron chi connectivity index (χ2n) is 7.80. The van der Waals surface area contributed by atoms with E-state index in [2.05, 4.69) is 36.0 Å². The molecule has 0 aliphatic heterocycles. The highest BCUT2D eigenvalue weighted by Gasteiger charge is 2.20. The van der Waals surface area contributed by atoms with Crippen LogP contribution in [-0.4, -0.2) is 31.4 Å². The first-order valence-corrected chi connectivity index (χ1v) is 9.27. The molecule has 3 heterocycles. The average Bonchev–Trinajstić information content (AvgIpc) is 3.33. The Bertz CT molecular complexity index is 1210. The molecule has 4 aromatic rings. The van der Waals surface area contributed by atoms with Crippen LogP contribution in [0.3, 0.4) is 0 Å². The number of aromatic nitrogens is 5. The number of nitrogens with one attached hydrogen (secondary N) is 3. The van der Waals surface area contributed by atoms with E-state index in [0.717, 1.165) is 5.56 Å². The standard InChI is InChI=1S/C20H21N7O3/c1-11-7-12(29-18-13-9-23-26-17(13)21-10-22-18)5-6-14(11)24-19(28)25-16-8-15(30-27-16)20(2,3)4/h5-10H,1-4H3,(H,21,22,23,26)(H2,24,25,27,28). The highest BCUT2D eigenvalue weighted by atomic mass is 16.5. The number of aromatic amines is 1. The van der Waals surface area contributed by atoms with Crippen molar-refractivity contribution in [3.8, 4) is 11.6 Å². The monoisotopic (exact) mass is 407 g/mol. The first-order valence-electron chi connectivity index (χ1n) is 9.27. The topological polar surface area (TPSA) is 131 Å². The van der Waals surface area contributed by atoms with Crippen LogP contribution in [0.25, 0.3) is 11.0 Å². The molecule has 154 valence electrons. The van der Waals surface area contributed by atoms with Gasteiger partial charge in [0.2, 0.25) is 5.88 Å². The molecule has 4 rings (SSSR count). The van der Waals surface area contributed by atoms with Gasteiger partial charge in [0.05, 0.1) is 6.20 Å². The van der Waals surface area contributed by atoms with E-state index >= 15 is 0 Å². The van der Waals surface area contributed by atoms with Crippen LogP contribution in [0.15, 0.2) is 41.3 Å². The molecule has 0 aliphatic carbocycles. The van der Waals surface area contributed by atoms with Crippen LogP contribution in [0, 0.1) is 6.92 Å². The number of amides is 2. The third-order valence-electron chi connectivity index (χ3n) is 4.36. The van der Waals surface area contributed by atoms with E-state index in [9.17, 15) is 4.79 Å². The Labute approximate surface area is 172 Å². The molecule has 30 heavy (non-hydrogen) atoms. The van der Waals surface area contributed by atoms with Crippen LogP contribution in [0.1, 0.15) is 32.1 Å². The second kappa shape index (κ2) is 7.47. The molecule has 0 saturated heterocycles. The third-order valence-corrected chi connectivity index (χ3v) is 4.36. The van der Waals surface area contributed by atoms with Gasteiger partial charge in [-0.3, -0.25) is 10.4 Å². The summed E-state index contributed by atoms with van der Waals surface area (Å²) in [7, 11) is 0. The molecule has 10 heteroatoms. The molecule has 3 N–H and O–H groups in total. The van der Waals surface area contributed by atoms with Crippen molar-refractivity contribution in [2.45, 2.75) is 33.1 Å². The summed E-state index contributed by atoms with van der Waals surface area (Å²) in [6.45, 7) is 7.87. The van der Waals surface area contributed by atoms with Gasteiger partial charge in [0, 0.05) is 17.2 Å². The zero-order valence-corrected chi connectivity index (χ0v) is 17.0. The lowest BCUT2D eigenvalue weighted by atomic mass is 9.93. The summed E-state index contributed by atoms with van der Waals surface area (Å²) in [5.41, 5.74) is 1.85. The normalized spacial score (nSPS) is 11.5. The van der Waals surface area contributed by atoms with Crippen LogP contribution in [-0.2, 0) is 5.41 Å². The number of anilines is 2. The molecular weight excluding hydrogens is 386 g/mol. The van der Waals surface area contributed by atoms with E-state index in [1.165, 1.54) is 6.33 Å². The smallest absolute Gasteiger partial charge is 0.324 e. The van der Waals surface area contributed by atoms with E-state index < -0.39 is 6.03 Å². The van der Waals surface area contributed by atoms with Gasteiger partial charge in [0.25, 0.3) is 0 Å². The Hall–Kier alpha value is -3.95. The third kappa shape index (κ3) is 4.07. The zero-order valence-electron chi connectivity index (χ0n) is 17.0. The van der Waals surface area contributed by atoms with Crippen LogP contribution in [0.2, 0.25) is 0 Å². The molecule has 0 bridgehead atoms. The summed E-state index contributed by atoms with van der Waals surface area (Å²) in [6, 6.07) is 6.58. The minimum Gasteiger partial charge on any atom is -0.438 e. The molecule has 0 atom stereocenters. The number of benzene rings is 1. The Morgan fingerprint density at radius 1 is 1.17 bits per heavy atom. The van der Waals surface area contributed by atoms with E-state index in [1.54, 1.807) is 30.5 Å². The van der Waals surface area contributed by atoms with Gasteiger partial charge in [-0.2, -0.15) is 5.10 Å². The number of fused-ring (bicyclic) bond motifs is 1. The number of urea groups is 1. The quantitative estimate of drug-likeness (QED) is 0.457. The molecule has 0 unspecified atom stereocenters. The fraction of sp³-hybridized carbons (Fsp3) is 0.250. The SMILES string of the molecule is Cc1cc(Oc2ncnc3[nH]ncc23)ccc1NC(=O)Nc1cc(C(C)(C)C)on1. The van der Waals surface area contributed by atoms with Crippen LogP contribution in [0.4, 0.5) is 16.3 Å². The maximum atomic E-state index is 12.3. The lowest BCUT2D eigenvalue weighted by molar-refractivity contribution is 0.262. The van der Waals surface area contributed by atoms with Crippen molar-refractivity contribution in [2.75, 3.05) is 10.6 Å². The lowest BCUT2D eigenvalue weighted by Gasteiger charge is -2.12. The van der Waals surface area contributed by atoms with Crippen molar-refractivity contribution >= 4 is 28.6 Å². The van der Waals surface area contributed by atoms with Gasteiger partial charge in [0.15, 0.2) is 11.5 Å². The number of ether oxygens (including phenoxy) is 1. The summed E-state index contributed by atoms with van der Waals surface area (Å²) in [5, 5.41) is 16.7. The van der Waals surface area contributed by atoms with Crippen LogP contribution >= 0.6 is 0 Å². The van der Waals surface area contributed by atoms with Crippen LogP contribution < -0.4 is 15.4 Å². The molecule has 1 aromatic carbocycles. The summed E-state index contributed by atoms with van der Waals surface area (Å²) >= 11 is 0. The maximum absolute atomic E-state index is 12.3. The Balaban J connectivity index is 1.43. The molecule has 0 spiro atoms. The number of H-pyrrole nitrogens is 1. The Morgan fingerprint density at radius 3 is 2.73 bits per heavy atom. The van der Waals surface area contributed by atoms with E-state index in [-0.39, 0.29) is 5.41 Å². The largest absolute Gasteiger partial charge is 0.438 e. The fourth-order valence-electron chi connectivity index (χ4n) is 2.73. The van der Waals surface area contributed by atoms with Crippen molar-refractivity contribution in [1.29, 1.82) is 0 Å². The first-order chi connectivity index (χ1) is 14.3. The summed E-state index contributed by atoms with van der Waals surface area (Å²) < 4.78 is 11.1. The number of rotatable bonds is 4. The van der Waals surface area contributed by atoms with Crippen molar-refractivity contribution < 1.29 is 14.1 Å². The molecule has 3 aromatic heterocycles. The van der Waals surface area contributed by atoms with Crippen molar-refractivity contribution in [2.24, 2.45) is 0 Å². The van der Waals surface area contributed by atoms with E-state index in [1.807, 2.05) is 27.7 Å². The van der Waals surface area contributed by atoms with E-state index in [0.29, 0.717) is 39.9 Å². The van der Waals surface area contributed by atoms with Gasteiger partial charge in [0.1, 0.15) is 23.2 Å². The number of hydrogen-bond donors (Lipinski definition) is 3. The maximum Gasteiger partial charge on any atom is 0.324 e. The Kier molecular flexibility index (Phi) is 4.82. The predicted molar refractivity (Wildman–Crippen MR) is 111 cm³/mol. The number of aryl methyl sites for hydroxylation is 1. The average molecular weight is 407 g/mol. The Morgan fingerprint density at radius 2 is 2.00 bits per heavy atom. The highest BCUT2D eigenvalue weighted by molar-refractivity contribution is 5.99. The van der Waals surface area contributed by atoms with E-state index in [4.69, 9.17) is 9.26 Å². The first kappa shape index (κ1) is 19.4. The van der Waals surface area contributed by atoms with Crippen molar-refractivity contribution in [3.05, 3.63) is 48.1 Å². The number of nitrogens with zero attached hydrogens (tertiary/aromatic N) is 4. The van der Waals surface area contributed by atoms with Gasteiger partial charge in [-0.25, -0.2) is 14.8 Å². The second-order valence-corrected chi connectivity index (χ2v) is 7.80. The fourth-order valence-corrected chi connectivity index (χ4v) is 2.73. The van der Waals surface area contributed by atoms with Crippen molar-refractivity contribution in [1.82, 2.24) is 25.3 Å². The van der Waals surface area contributed by atoms with Gasteiger partial charge in [-0.1, -0.05) is 25.9 Å². The number of carbonyl (C=O) groups excluding carboxylic acids is 1. The van der Waals surface area contributed by atoms with Crippen LogP contribution in [0.5, 0.6) is 11.6 Å². The molecule has 0 aliphatic rings. The van der Waals surface area contributed by atoms with Gasteiger partial charge < -0.3 is 14.6 Å². The highest BCUT2D eigenvalue weighted by Crippen LogP contribution is 2.29. The van der Waals surface area contributed by atoms with Gasteiger partial charge in [-0.05, 0) is 30.7 Å². The van der Waals surface area contributed by atoms with Gasteiger partial charge >= 0.3 is 6.03 Å². The summed E-state index contributed by atoms with van der Waals surface area (Å²) in [5.74, 6) is 2.01. The summed E-state index contributed by atoms with van der Waals surface area (Å²) in [4.78, 5) is 20.6. The molecule has 0 radical (unpaired) electrons. The number of carbonyl (C=O) groups is 1. The predicted octanol–water partition coefficient (Wildman–Crippen LogP) is 4.38. The number of hydrogen-bond acceptors (Lipinski definition) is 7. The lowest BCUT2D eigenvalue weighted by Crippen LogP contribution is -2.20. The molecule has 0 fully saturated rings.